The Labute approximate surface area is 235 Å². The highest BCUT2D eigenvalue weighted by Crippen LogP contribution is 2.39. The predicted octanol–water partition coefficient (Wildman–Crippen LogP) is 3.27. The lowest BCUT2D eigenvalue weighted by Crippen LogP contribution is -2.54. The van der Waals surface area contributed by atoms with Gasteiger partial charge in [0.1, 0.15) is 11.4 Å². The van der Waals surface area contributed by atoms with Crippen molar-refractivity contribution in [2.75, 3.05) is 48.3 Å². The van der Waals surface area contributed by atoms with Gasteiger partial charge in [0, 0.05) is 49.2 Å². The molecule has 9 heteroatoms. The molecule has 5 heterocycles. The molecule has 3 atom stereocenters. The summed E-state index contributed by atoms with van der Waals surface area (Å²) < 4.78 is 0. The Morgan fingerprint density at radius 1 is 1.05 bits per heavy atom. The first-order chi connectivity index (χ1) is 19.4. The molecule has 4 N–H and O–H groups in total. The molecule has 2 aromatic heterocycles. The number of rotatable bonds is 4. The Bertz CT molecular complexity index is 1420. The van der Waals surface area contributed by atoms with Gasteiger partial charge < -0.3 is 25.7 Å². The first-order valence-corrected chi connectivity index (χ1v) is 14.2. The molecule has 0 spiro atoms. The zero-order valence-corrected chi connectivity index (χ0v) is 23.0. The van der Waals surface area contributed by atoms with Crippen LogP contribution in [0.5, 0.6) is 5.75 Å². The topological polar surface area (TPSA) is 115 Å². The van der Waals surface area contributed by atoms with E-state index in [1.54, 1.807) is 12.1 Å². The number of nitrogen functional groups attached to an aromatic ring is 1. The molecule has 0 radical (unpaired) electrons. The Hall–Kier alpha value is -3.87. The zero-order valence-electron chi connectivity index (χ0n) is 23.0. The van der Waals surface area contributed by atoms with Crippen molar-refractivity contribution in [3.63, 3.8) is 0 Å². The largest absolute Gasteiger partial charge is 0.507 e. The van der Waals surface area contributed by atoms with E-state index >= 15 is 0 Å². The van der Waals surface area contributed by atoms with E-state index in [0.717, 1.165) is 75.4 Å². The second kappa shape index (κ2) is 11.0. The van der Waals surface area contributed by atoms with Gasteiger partial charge in [-0.25, -0.2) is 4.98 Å². The fraction of sp³-hybridized carbons (Fsp3) is 0.452. The van der Waals surface area contributed by atoms with Crippen LogP contribution in [0.1, 0.15) is 44.7 Å². The number of hydrogen-bond donors (Lipinski definition) is 3. The molecule has 0 saturated carbocycles. The smallest absolute Gasteiger partial charge is 0.169 e. The van der Waals surface area contributed by atoms with Gasteiger partial charge in [-0.3, -0.25) is 4.90 Å². The summed E-state index contributed by atoms with van der Waals surface area (Å²) in [6.45, 7) is 6.12. The first kappa shape index (κ1) is 26.4. The minimum absolute atomic E-state index is 0.175. The average Bonchev–Trinajstić information content (AvgIpc) is 3.09. The van der Waals surface area contributed by atoms with E-state index in [0.29, 0.717) is 35.7 Å². The van der Waals surface area contributed by atoms with Gasteiger partial charge in [0.2, 0.25) is 0 Å². The van der Waals surface area contributed by atoms with E-state index in [-0.39, 0.29) is 5.75 Å². The van der Waals surface area contributed by atoms with E-state index in [1.165, 1.54) is 0 Å². The van der Waals surface area contributed by atoms with Crippen molar-refractivity contribution in [1.29, 1.82) is 0 Å². The van der Waals surface area contributed by atoms with Crippen LogP contribution < -0.4 is 15.5 Å². The molecular weight excluding hydrogens is 502 g/mol. The van der Waals surface area contributed by atoms with Crippen molar-refractivity contribution in [3.05, 3.63) is 54.4 Å². The highest BCUT2D eigenvalue weighted by atomic mass is 16.3. The maximum Gasteiger partial charge on any atom is 0.169 e. The number of pyridine rings is 1. The summed E-state index contributed by atoms with van der Waals surface area (Å²) in [5.74, 6) is 7.17. The van der Waals surface area contributed by atoms with Crippen LogP contribution in [0.2, 0.25) is 0 Å². The van der Waals surface area contributed by atoms with Crippen molar-refractivity contribution in [3.8, 4) is 28.8 Å². The summed E-state index contributed by atoms with van der Waals surface area (Å²) in [5.41, 5.74) is 9.81. The second-order valence-corrected chi connectivity index (χ2v) is 11.5. The van der Waals surface area contributed by atoms with Crippen LogP contribution in [0.15, 0.2) is 48.7 Å². The maximum absolute atomic E-state index is 10.3. The number of hydrogen-bond acceptors (Lipinski definition) is 9. The first-order valence-electron chi connectivity index (χ1n) is 14.2. The van der Waals surface area contributed by atoms with Gasteiger partial charge in [-0.2, -0.15) is 0 Å². The lowest BCUT2D eigenvalue weighted by atomic mass is 9.98. The normalized spacial score (nSPS) is 24.9. The molecule has 40 heavy (non-hydrogen) atoms. The number of aromatic hydroxyl groups is 1. The molecule has 3 aliphatic rings. The van der Waals surface area contributed by atoms with E-state index in [9.17, 15) is 10.2 Å². The van der Waals surface area contributed by atoms with E-state index < -0.39 is 5.60 Å². The molecule has 1 aromatic carbocycles. The number of nitrogens with zero attached hydrogens (tertiary/aromatic N) is 6. The average molecular weight is 540 g/mol. The quantitative estimate of drug-likeness (QED) is 0.430. The number of piperazine rings is 1. The highest BCUT2D eigenvalue weighted by Gasteiger charge is 2.40. The van der Waals surface area contributed by atoms with Gasteiger partial charge in [0.15, 0.2) is 5.82 Å². The number of aromatic nitrogens is 3. The van der Waals surface area contributed by atoms with Crippen molar-refractivity contribution >= 4 is 17.2 Å². The molecule has 3 unspecified atom stereocenters. The van der Waals surface area contributed by atoms with Gasteiger partial charge >= 0.3 is 0 Å². The fourth-order valence-electron chi connectivity index (χ4n) is 6.36. The minimum Gasteiger partial charge on any atom is -0.507 e. The van der Waals surface area contributed by atoms with Crippen LogP contribution in [-0.2, 0) is 0 Å². The third-order valence-electron chi connectivity index (χ3n) is 8.52. The number of phenolic OH excluding ortho intramolecular Hbond substituents is 1. The van der Waals surface area contributed by atoms with Crippen molar-refractivity contribution in [2.24, 2.45) is 0 Å². The van der Waals surface area contributed by atoms with Crippen LogP contribution in [0.25, 0.3) is 11.3 Å². The fourth-order valence-corrected chi connectivity index (χ4v) is 6.36. The number of aliphatic hydroxyl groups is 1. The van der Waals surface area contributed by atoms with E-state index in [2.05, 4.69) is 53.9 Å². The van der Waals surface area contributed by atoms with Gasteiger partial charge in [0.25, 0.3) is 0 Å². The van der Waals surface area contributed by atoms with E-state index in [4.69, 9.17) is 5.73 Å². The number of para-hydroxylation sites is 1. The molecule has 3 saturated heterocycles. The lowest BCUT2D eigenvalue weighted by molar-refractivity contribution is 0.0450. The Morgan fingerprint density at radius 3 is 2.65 bits per heavy atom. The molecule has 0 aliphatic carbocycles. The lowest BCUT2D eigenvalue weighted by Gasteiger charge is -2.43. The van der Waals surface area contributed by atoms with Gasteiger partial charge in [0.05, 0.1) is 23.5 Å². The number of phenols is 1. The summed E-state index contributed by atoms with van der Waals surface area (Å²) in [4.78, 5) is 11.7. The SMILES string of the molecule is CC1(O)CCCN(CC#Cc2cc(N3C4CCC3CN(c3cc(-c5ccccc5O)nnc3N)C4)ccn2)CC1. The molecule has 3 aromatic rings. The molecular formula is C31H37N7O2. The van der Waals surface area contributed by atoms with Crippen molar-refractivity contribution in [2.45, 2.75) is 56.7 Å². The predicted molar refractivity (Wildman–Crippen MR) is 157 cm³/mol. The molecule has 208 valence electrons. The molecule has 9 nitrogen and oxygen atoms in total. The number of likely N-dealkylation sites (tertiary alicyclic amines) is 1. The molecule has 2 bridgehead atoms. The highest BCUT2D eigenvalue weighted by molar-refractivity contribution is 5.74. The molecule has 3 fully saturated rings. The third kappa shape index (κ3) is 5.55. The standard InChI is InChI=1S/C31H37N7O2/c1-31(40)12-5-16-36(17-13-31)15-4-6-22-18-23(11-14-33-22)38-24-9-10-25(38)21-37(20-24)28-19-27(34-35-30(28)32)26-7-2-3-8-29(26)39/h2-3,7-8,11,14,18-19,24-25,39-40H,5,9-10,12-13,15-17,20-21H2,1H3,(H2,32,35). The van der Waals surface area contributed by atoms with Crippen LogP contribution in [0, 0.1) is 11.8 Å². The zero-order chi connectivity index (χ0) is 27.7. The summed E-state index contributed by atoms with van der Waals surface area (Å²) >= 11 is 0. The maximum atomic E-state index is 10.3. The van der Waals surface area contributed by atoms with E-state index in [1.807, 2.05) is 31.3 Å². The summed E-state index contributed by atoms with van der Waals surface area (Å²) in [6, 6.07) is 14.0. The number of benzene rings is 1. The van der Waals surface area contributed by atoms with Crippen molar-refractivity contribution < 1.29 is 10.2 Å². The summed E-state index contributed by atoms with van der Waals surface area (Å²) in [6.07, 6.45) is 6.70. The van der Waals surface area contributed by atoms with Crippen LogP contribution in [-0.4, -0.2) is 80.7 Å². The Kier molecular flexibility index (Phi) is 7.22. The molecule has 6 rings (SSSR count). The number of nitrogens with two attached hydrogens (primary N) is 1. The Morgan fingerprint density at radius 2 is 1.85 bits per heavy atom. The molecule has 3 aliphatic heterocycles. The number of anilines is 3. The summed E-state index contributed by atoms with van der Waals surface area (Å²) in [7, 11) is 0. The van der Waals surface area contributed by atoms with Gasteiger partial charge in [-0.15, -0.1) is 10.2 Å². The number of fused-ring (bicyclic) bond motifs is 2. The van der Waals surface area contributed by atoms with Crippen molar-refractivity contribution in [1.82, 2.24) is 20.1 Å². The summed E-state index contributed by atoms with van der Waals surface area (Å²) in [5, 5.41) is 29.1. The van der Waals surface area contributed by atoms with Gasteiger partial charge in [-0.1, -0.05) is 18.1 Å². The van der Waals surface area contributed by atoms with Crippen LogP contribution >= 0.6 is 0 Å². The Balaban J connectivity index is 1.15. The monoisotopic (exact) mass is 539 g/mol. The third-order valence-corrected chi connectivity index (χ3v) is 8.52. The minimum atomic E-state index is -0.561. The molecule has 0 amide bonds. The van der Waals surface area contributed by atoms with Crippen LogP contribution in [0.4, 0.5) is 17.2 Å². The second-order valence-electron chi connectivity index (χ2n) is 11.5. The van der Waals surface area contributed by atoms with Crippen LogP contribution in [0.3, 0.4) is 0 Å². The van der Waals surface area contributed by atoms with Gasteiger partial charge in [-0.05, 0) is 81.8 Å².